The molecule has 1 atom stereocenters. The summed E-state index contributed by atoms with van der Waals surface area (Å²) in [5.74, 6) is -0.00306. The second-order valence-electron chi connectivity index (χ2n) is 2.12. The first-order valence-corrected chi connectivity index (χ1v) is 2.81. The maximum absolute atomic E-state index is 10.7. The van der Waals surface area contributed by atoms with Gasteiger partial charge in [-0.05, 0) is 0 Å². The number of amides is 1. The summed E-state index contributed by atoms with van der Waals surface area (Å²) in [6.07, 6.45) is -0.298. The Morgan fingerprint density at radius 2 is 2.56 bits per heavy atom. The van der Waals surface area contributed by atoms with Crippen molar-refractivity contribution in [3.63, 3.8) is 0 Å². The number of hydrogen-bond acceptors (Lipinski definition) is 3. The van der Waals surface area contributed by atoms with Crippen molar-refractivity contribution in [3.8, 4) is 0 Å². The van der Waals surface area contributed by atoms with Gasteiger partial charge in [-0.2, -0.15) is 0 Å². The van der Waals surface area contributed by atoms with Crippen molar-refractivity contribution in [2.75, 3.05) is 20.2 Å². The fourth-order valence-corrected chi connectivity index (χ4v) is 0.713. The Morgan fingerprint density at radius 1 is 1.89 bits per heavy atom. The van der Waals surface area contributed by atoms with E-state index in [0.29, 0.717) is 6.54 Å². The second kappa shape index (κ2) is 2.33. The summed E-state index contributed by atoms with van der Waals surface area (Å²) in [5, 5.41) is 0. The van der Waals surface area contributed by atoms with Crippen LogP contribution in [-0.2, 0) is 9.53 Å². The lowest BCUT2D eigenvalue weighted by molar-refractivity contribution is -0.146. The van der Waals surface area contributed by atoms with Crippen molar-refractivity contribution in [2.45, 2.75) is 6.23 Å². The molecule has 1 aliphatic rings. The highest BCUT2D eigenvalue weighted by molar-refractivity contribution is 5.77. The molecule has 1 unspecified atom stereocenters. The van der Waals surface area contributed by atoms with Gasteiger partial charge in [0.1, 0.15) is 12.8 Å². The first kappa shape index (κ1) is 6.51. The number of nitrogens with zero attached hydrogens (tertiary/aromatic N) is 1. The summed E-state index contributed by atoms with van der Waals surface area (Å²) in [7, 11) is 1.71. The van der Waals surface area contributed by atoms with E-state index in [2.05, 4.69) is 0 Å². The van der Waals surface area contributed by atoms with E-state index in [-0.39, 0.29) is 18.7 Å². The zero-order valence-corrected chi connectivity index (χ0v) is 5.33. The SMILES string of the molecule is CN1CC(N)OCC1=O. The topological polar surface area (TPSA) is 55.6 Å². The highest BCUT2D eigenvalue weighted by Crippen LogP contribution is 1.97. The molecule has 9 heavy (non-hydrogen) atoms. The largest absolute Gasteiger partial charge is 0.352 e. The molecule has 0 aromatic rings. The molecule has 0 aliphatic carbocycles. The molecule has 0 saturated carbocycles. The Kier molecular flexibility index (Phi) is 1.68. The standard InChI is InChI=1S/C5H10N2O2/c1-7-2-4(6)9-3-5(7)8/h4H,2-3,6H2,1H3. The third-order valence-electron chi connectivity index (χ3n) is 1.30. The lowest BCUT2D eigenvalue weighted by Gasteiger charge is -2.26. The molecule has 0 aromatic carbocycles. The molecule has 1 heterocycles. The smallest absolute Gasteiger partial charge is 0.248 e. The number of rotatable bonds is 0. The Morgan fingerprint density at radius 3 is 3.00 bits per heavy atom. The van der Waals surface area contributed by atoms with E-state index < -0.39 is 0 Å². The summed E-state index contributed by atoms with van der Waals surface area (Å²) in [6.45, 7) is 0.622. The molecule has 2 N–H and O–H groups in total. The maximum atomic E-state index is 10.7. The molecule has 1 rings (SSSR count). The van der Waals surface area contributed by atoms with Crippen LogP contribution in [0.4, 0.5) is 0 Å². The number of carbonyl (C=O) groups is 1. The Balaban J connectivity index is 2.44. The van der Waals surface area contributed by atoms with Crippen molar-refractivity contribution < 1.29 is 9.53 Å². The van der Waals surface area contributed by atoms with Crippen molar-refractivity contribution in [1.29, 1.82) is 0 Å². The molecule has 0 spiro atoms. The summed E-state index contributed by atoms with van der Waals surface area (Å²) in [6, 6.07) is 0. The lowest BCUT2D eigenvalue weighted by Crippen LogP contribution is -2.48. The number of hydrogen-bond donors (Lipinski definition) is 1. The van der Waals surface area contributed by atoms with Gasteiger partial charge in [-0.3, -0.25) is 4.79 Å². The van der Waals surface area contributed by atoms with Crippen molar-refractivity contribution >= 4 is 5.91 Å². The second-order valence-corrected chi connectivity index (χ2v) is 2.12. The molecule has 52 valence electrons. The molecule has 0 radical (unpaired) electrons. The van der Waals surface area contributed by atoms with Crippen LogP contribution in [-0.4, -0.2) is 37.2 Å². The van der Waals surface area contributed by atoms with Crippen LogP contribution in [0.3, 0.4) is 0 Å². The summed E-state index contributed by atoms with van der Waals surface area (Å²) in [4.78, 5) is 12.2. The van der Waals surface area contributed by atoms with E-state index in [0.717, 1.165) is 0 Å². The van der Waals surface area contributed by atoms with Gasteiger partial charge in [0.05, 0.1) is 6.54 Å². The van der Waals surface area contributed by atoms with Crippen LogP contribution in [0.25, 0.3) is 0 Å². The molecule has 0 bridgehead atoms. The van der Waals surface area contributed by atoms with Crippen molar-refractivity contribution in [1.82, 2.24) is 4.90 Å². The van der Waals surface area contributed by atoms with Crippen molar-refractivity contribution in [3.05, 3.63) is 0 Å². The summed E-state index contributed by atoms with van der Waals surface area (Å²) >= 11 is 0. The highest BCUT2D eigenvalue weighted by Gasteiger charge is 2.19. The van der Waals surface area contributed by atoms with Gasteiger partial charge in [0.25, 0.3) is 0 Å². The Hall–Kier alpha value is -0.610. The average Bonchev–Trinajstić information content (AvgIpc) is 1.80. The van der Waals surface area contributed by atoms with Crippen LogP contribution < -0.4 is 5.73 Å². The number of ether oxygens (including phenoxy) is 1. The minimum atomic E-state index is -0.298. The van der Waals surface area contributed by atoms with Crippen LogP contribution in [0, 0.1) is 0 Å². The summed E-state index contributed by atoms with van der Waals surface area (Å²) < 4.78 is 4.85. The van der Waals surface area contributed by atoms with Gasteiger partial charge in [-0.1, -0.05) is 0 Å². The minimum absolute atomic E-state index is 0.00306. The molecule has 4 heteroatoms. The van der Waals surface area contributed by atoms with Gasteiger partial charge in [0.15, 0.2) is 0 Å². The van der Waals surface area contributed by atoms with Gasteiger partial charge in [-0.15, -0.1) is 0 Å². The van der Waals surface area contributed by atoms with Crippen LogP contribution in [0.15, 0.2) is 0 Å². The van der Waals surface area contributed by atoms with E-state index in [1.165, 1.54) is 0 Å². The third kappa shape index (κ3) is 1.40. The Labute approximate surface area is 53.6 Å². The van der Waals surface area contributed by atoms with Crippen molar-refractivity contribution in [2.24, 2.45) is 5.73 Å². The fourth-order valence-electron chi connectivity index (χ4n) is 0.713. The van der Waals surface area contributed by atoms with Crippen LogP contribution in [0.1, 0.15) is 0 Å². The Bertz CT molecular complexity index is 126. The number of likely N-dealkylation sites (N-methyl/N-ethyl adjacent to an activating group) is 1. The van der Waals surface area contributed by atoms with Gasteiger partial charge in [0.2, 0.25) is 5.91 Å². The monoisotopic (exact) mass is 130 g/mol. The predicted octanol–water partition coefficient (Wildman–Crippen LogP) is -1.24. The first-order chi connectivity index (χ1) is 4.20. The number of morpholine rings is 1. The van der Waals surface area contributed by atoms with E-state index in [1.807, 2.05) is 0 Å². The van der Waals surface area contributed by atoms with E-state index in [4.69, 9.17) is 10.5 Å². The lowest BCUT2D eigenvalue weighted by atomic mass is 10.4. The average molecular weight is 130 g/mol. The number of carbonyl (C=O) groups excluding carboxylic acids is 1. The molecule has 0 aromatic heterocycles. The normalized spacial score (nSPS) is 28.9. The van der Waals surface area contributed by atoms with Gasteiger partial charge < -0.3 is 15.4 Å². The molecule has 1 saturated heterocycles. The van der Waals surface area contributed by atoms with Gasteiger partial charge >= 0.3 is 0 Å². The minimum Gasteiger partial charge on any atom is -0.352 e. The quantitative estimate of drug-likeness (QED) is 0.446. The van der Waals surface area contributed by atoms with Crippen LogP contribution >= 0.6 is 0 Å². The summed E-state index contributed by atoms with van der Waals surface area (Å²) in [5.41, 5.74) is 5.37. The first-order valence-electron chi connectivity index (χ1n) is 2.81. The zero-order chi connectivity index (χ0) is 6.85. The highest BCUT2D eigenvalue weighted by atomic mass is 16.5. The maximum Gasteiger partial charge on any atom is 0.248 e. The predicted molar refractivity (Wildman–Crippen MR) is 31.6 cm³/mol. The molecular weight excluding hydrogens is 120 g/mol. The van der Waals surface area contributed by atoms with E-state index >= 15 is 0 Å². The molecular formula is C5H10N2O2. The number of nitrogens with two attached hydrogens (primary N) is 1. The van der Waals surface area contributed by atoms with Crippen LogP contribution in [0.2, 0.25) is 0 Å². The third-order valence-corrected chi connectivity index (χ3v) is 1.30. The molecule has 1 aliphatic heterocycles. The molecule has 1 amide bonds. The van der Waals surface area contributed by atoms with E-state index in [9.17, 15) is 4.79 Å². The fraction of sp³-hybridized carbons (Fsp3) is 0.800. The van der Waals surface area contributed by atoms with E-state index in [1.54, 1.807) is 11.9 Å². The van der Waals surface area contributed by atoms with Gasteiger partial charge in [-0.25, -0.2) is 0 Å². The van der Waals surface area contributed by atoms with Gasteiger partial charge in [0, 0.05) is 7.05 Å². The molecule has 4 nitrogen and oxygen atoms in total. The van der Waals surface area contributed by atoms with Crippen LogP contribution in [0.5, 0.6) is 0 Å². The zero-order valence-electron chi connectivity index (χ0n) is 5.33. The molecule has 1 fully saturated rings.